The minimum absolute atomic E-state index is 0.692. The molecule has 2 aliphatic rings. The zero-order valence-corrected chi connectivity index (χ0v) is 13.4. The van der Waals surface area contributed by atoms with E-state index in [9.17, 15) is 0 Å². The molecule has 112 valence electrons. The quantitative estimate of drug-likeness (QED) is 0.891. The van der Waals surface area contributed by atoms with Crippen molar-refractivity contribution in [2.75, 3.05) is 24.5 Å². The average Bonchev–Trinajstić information content (AvgIpc) is 3.03. The number of piperazine rings is 1. The maximum absolute atomic E-state index is 3.78. The van der Waals surface area contributed by atoms with Gasteiger partial charge < -0.3 is 10.2 Å². The van der Waals surface area contributed by atoms with Gasteiger partial charge in [-0.05, 0) is 53.8 Å². The Kier molecular flexibility index (Phi) is 3.87. The molecule has 0 amide bonds. The highest BCUT2D eigenvalue weighted by Crippen LogP contribution is 2.30. The third-order valence-corrected chi connectivity index (χ3v) is 6.12. The fourth-order valence-corrected chi connectivity index (χ4v) is 4.79. The monoisotopic (exact) mass is 300 g/mol. The van der Waals surface area contributed by atoms with E-state index < -0.39 is 0 Å². The van der Waals surface area contributed by atoms with Crippen molar-refractivity contribution in [3.63, 3.8) is 0 Å². The first-order valence-electron chi connectivity index (χ1n) is 8.36. The standard InChI is InChI=1S/C18H24N2S/c1-2-4-14(5-3-1)17-13-20(10-9-19-17)16-6-7-18-15(12-16)8-11-21-18/h6-8,11-12,14,17,19H,1-5,9-10,13H2. The summed E-state index contributed by atoms with van der Waals surface area (Å²) in [6, 6.07) is 9.89. The number of benzene rings is 1. The molecule has 2 aromatic rings. The first kappa shape index (κ1) is 13.6. The summed E-state index contributed by atoms with van der Waals surface area (Å²) in [6.07, 6.45) is 7.17. The van der Waals surface area contributed by atoms with Crippen LogP contribution in [-0.2, 0) is 0 Å². The second-order valence-corrected chi connectivity index (χ2v) is 7.50. The molecule has 1 aliphatic heterocycles. The summed E-state index contributed by atoms with van der Waals surface area (Å²) in [5.74, 6) is 0.895. The van der Waals surface area contributed by atoms with E-state index in [1.54, 1.807) is 0 Å². The molecule has 1 unspecified atom stereocenters. The molecule has 1 aromatic heterocycles. The summed E-state index contributed by atoms with van der Waals surface area (Å²) in [5.41, 5.74) is 1.41. The molecule has 1 saturated carbocycles. The lowest BCUT2D eigenvalue weighted by Gasteiger charge is -2.40. The van der Waals surface area contributed by atoms with Gasteiger partial charge in [-0.15, -0.1) is 11.3 Å². The Morgan fingerprint density at radius 3 is 2.90 bits per heavy atom. The topological polar surface area (TPSA) is 15.3 Å². The van der Waals surface area contributed by atoms with E-state index in [4.69, 9.17) is 0 Å². The zero-order valence-electron chi connectivity index (χ0n) is 12.6. The van der Waals surface area contributed by atoms with E-state index in [0.717, 1.165) is 19.0 Å². The molecule has 1 N–H and O–H groups in total. The van der Waals surface area contributed by atoms with Gasteiger partial charge in [0, 0.05) is 36.1 Å². The minimum atomic E-state index is 0.692. The van der Waals surface area contributed by atoms with Gasteiger partial charge in [0.25, 0.3) is 0 Å². The van der Waals surface area contributed by atoms with Gasteiger partial charge in [-0.3, -0.25) is 0 Å². The van der Waals surface area contributed by atoms with Gasteiger partial charge in [0.15, 0.2) is 0 Å². The van der Waals surface area contributed by atoms with Crippen LogP contribution in [0.3, 0.4) is 0 Å². The van der Waals surface area contributed by atoms with E-state index >= 15 is 0 Å². The van der Waals surface area contributed by atoms with Crippen molar-refractivity contribution in [1.29, 1.82) is 0 Å². The summed E-state index contributed by atoms with van der Waals surface area (Å²) in [5, 5.41) is 7.37. The molecule has 3 heteroatoms. The molecule has 0 bridgehead atoms. The number of nitrogens with one attached hydrogen (secondary N) is 1. The summed E-state index contributed by atoms with van der Waals surface area (Å²) in [7, 11) is 0. The van der Waals surface area contributed by atoms with Crippen LogP contribution in [0, 0.1) is 5.92 Å². The SMILES string of the molecule is c1cc2cc(N3CCNC(C4CCCCC4)C3)ccc2s1. The van der Waals surface area contributed by atoms with Crippen LogP contribution in [0.1, 0.15) is 32.1 Å². The van der Waals surface area contributed by atoms with Gasteiger partial charge in [0.1, 0.15) is 0 Å². The lowest BCUT2D eigenvalue weighted by molar-refractivity contribution is 0.257. The van der Waals surface area contributed by atoms with E-state index in [1.807, 2.05) is 11.3 Å². The number of fused-ring (bicyclic) bond motifs is 1. The maximum atomic E-state index is 3.78. The Bertz CT molecular complexity index is 600. The second kappa shape index (κ2) is 5.98. The Labute approximate surface area is 131 Å². The largest absolute Gasteiger partial charge is 0.369 e. The molecule has 0 radical (unpaired) electrons. The summed E-state index contributed by atoms with van der Waals surface area (Å²) in [6.45, 7) is 3.45. The summed E-state index contributed by atoms with van der Waals surface area (Å²) in [4.78, 5) is 2.59. The van der Waals surface area contributed by atoms with Gasteiger partial charge in [0.05, 0.1) is 0 Å². The van der Waals surface area contributed by atoms with E-state index in [1.165, 1.54) is 54.4 Å². The number of hydrogen-bond acceptors (Lipinski definition) is 3. The van der Waals surface area contributed by atoms with Gasteiger partial charge in [-0.1, -0.05) is 19.3 Å². The van der Waals surface area contributed by atoms with Crippen molar-refractivity contribution in [1.82, 2.24) is 5.32 Å². The fraction of sp³-hybridized carbons (Fsp3) is 0.556. The number of nitrogens with zero attached hydrogens (tertiary/aromatic N) is 1. The van der Waals surface area contributed by atoms with Crippen molar-refractivity contribution in [2.45, 2.75) is 38.1 Å². The zero-order chi connectivity index (χ0) is 14.1. The van der Waals surface area contributed by atoms with Gasteiger partial charge in [-0.25, -0.2) is 0 Å². The average molecular weight is 300 g/mol. The van der Waals surface area contributed by atoms with Crippen molar-refractivity contribution in [2.24, 2.45) is 5.92 Å². The normalized spacial score (nSPS) is 24.6. The third kappa shape index (κ3) is 2.82. The van der Waals surface area contributed by atoms with Crippen LogP contribution in [0.15, 0.2) is 29.6 Å². The van der Waals surface area contributed by atoms with Crippen LogP contribution < -0.4 is 10.2 Å². The van der Waals surface area contributed by atoms with Gasteiger partial charge in [-0.2, -0.15) is 0 Å². The van der Waals surface area contributed by atoms with E-state index in [2.05, 4.69) is 39.9 Å². The molecule has 1 atom stereocenters. The van der Waals surface area contributed by atoms with Gasteiger partial charge in [0.2, 0.25) is 0 Å². The predicted octanol–water partition coefficient (Wildman–Crippen LogP) is 4.26. The van der Waals surface area contributed by atoms with E-state index in [-0.39, 0.29) is 0 Å². The molecule has 21 heavy (non-hydrogen) atoms. The first-order chi connectivity index (χ1) is 10.4. The molecule has 2 fully saturated rings. The number of rotatable bonds is 2. The first-order valence-corrected chi connectivity index (χ1v) is 9.24. The number of hydrogen-bond donors (Lipinski definition) is 1. The number of anilines is 1. The molecule has 0 spiro atoms. The molecule has 1 aromatic carbocycles. The van der Waals surface area contributed by atoms with Crippen LogP contribution in [0.25, 0.3) is 10.1 Å². The lowest BCUT2D eigenvalue weighted by atomic mass is 9.83. The van der Waals surface area contributed by atoms with Crippen molar-refractivity contribution in [3.05, 3.63) is 29.6 Å². The van der Waals surface area contributed by atoms with Crippen LogP contribution in [0.4, 0.5) is 5.69 Å². The predicted molar refractivity (Wildman–Crippen MR) is 92.4 cm³/mol. The Morgan fingerprint density at radius 1 is 1.10 bits per heavy atom. The Hall–Kier alpha value is -1.06. The molecule has 2 nitrogen and oxygen atoms in total. The van der Waals surface area contributed by atoms with Gasteiger partial charge >= 0.3 is 0 Å². The highest BCUT2D eigenvalue weighted by atomic mass is 32.1. The molecule has 1 saturated heterocycles. The molecular weight excluding hydrogens is 276 g/mol. The summed E-state index contributed by atoms with van der Waals surface area (Å²) >= 11 is 1.84. The Morgan fingerprint density at radius 2 is 2.00 bits per heavy atom. The van der Waals surface area contributed by atoms with Crippen LogP contribution in [-0.4, -0.2) is 25.7 Å². The molecule has 1 aliphatic carbocycles. The lowest BCUT2D eigenvalue weighted by Crippen LogP contribution is -2.54. The highest BCUT2D eigenvalue weighted by molar-refractivity contribution is 7.17. The van der Waals surface area contributed by atoms with Crippen molar-refractivity contribution in [3.8, 4) is 0 Å². The third-order valence-electron chi connectivity index (χ3n) is 5.23. The van der Waals surface area contributed by atoms with E-state index in [0.29, 0.717) is 6.04 Å². The fourth-order valence-electron chi connectivity index (χ4n) is 4.02. The van der Waals surface area contributed by atoms with Crippen molar-refractivity contribution < 1.29 is 0 Å². The molecule has 2 heterocycles. The number of thiophene rings is 1. The van der Waals surface area contributed by atoms with Crippen LogP contribution in [0.5, 0.6) is 0 Å². The maximum Gasteiger partial charge on any atom is 0.0374 e. The smallest absolute Gasteiger partial charge is 0.0374 e. The van der Waals surface area contributed by atoms with Crippen LogP contribution >= 0.6 is 11.3 Å². The van der Waals surface area contributed by atoms with Crippen molar-refractivity contribution >= 4 is 27.1 Å². The van der Waals surface area contributed by atoms with Crippen LogP contribution in [0.2, 0.25) is 0 Å². The highest BCUT2D eigenvalue weighted by Gasteiger charge is 2.28. The Balaban J connectivity index is 1.51. The molecule has 4 rings (SSSR count). The minimum Gasteiger partial charge on any atom is -0.369 e. The second-order valence-electron chi connectivity index (χ2n) is 6.55. The summed E-state index contributed by atoms with van der Waals surface area (Å²) < 4.78 is 1.40. The molecular formula is C18H24N2S.